The highest BCUT2D eigenvalue weighted by atomic mass is 16.1. The molecule has 2 atom stereocenters. The largest absolute Gasteiger partial charge is 0.326 e. The van der Waals surface area contributed by atoms with Gasteiger partial charge in [-0.3, -0.25) is 4.79 Å². The third-order valence-electron chi connectivity index (χ3n) is 5.66. The summed E-state index contributed by atoms with van der Waals surface area (Å²) in [5.41, 5.74) is 2.23. The van der Waals surface area contributed by atoms with Gasteiger partial charge in [0.2, 0.25) is 5.91 Å². The maximum Gasteiger partial charge on any atom is 0.221 e. The standard InChI is InChI=1S/C20H29N2O/c1-4-5-6-7-11-22-13-18-19(14-22)20(18,3)16-9-8-10-17(12-16)21-15(2)23/h8-10,12,18-19H,3-7,11,13-14H2,1-2H3,(H,21,23). The fraction of sp³-hybridized carbons (Fsp3) is 0.600. The fourth-order valence-corrected chi connectivity index (χ4v) is 4.28. The molecule has 0 aromatic heterocycles. The fourth-order valence-electron chi connectivity index (χ4n) is 4.28. The van der Waals surface area contributed by atoms with E-state index in [0.717, 1.165) is 5.69 Å². The minimum Gasteiger partial charge on any atom is -0.326 e. The predicted octanol–water partition coefficient (Wildman–Crippen LogP) is 3.86. The van der Waals surface area contributed by atoms with E-state index in [9.17, 15) is 4.79 Å². The Morgan fingerprint density at radius 2 is 2.04 bits per heavy atom. The van der Waals surface area contributed by atoms with Crippen LogP contribution in [-0.2, 0) is 10.2 Å². The Hall–Kier alpha value is -1.35. The van der Waals surface area contributed by atoms with Crippen LogP contribution in [-0.4, -0.2) is 30.4 Å². The quantitative estimate of drug-likeness (QED) is 0.775. The average molecular weight is 313 g/mol. The van der Waals surface area contributed by atoms with Crippen LogP contribution in [0.5, 0.6) is 0 Å². The van der Waals surface area contributed by atoms with Crippen molar-refractivity contribution in [1.29, 1.82) is 0 Å². The summed E-state index contributed by atoms with van der Waals surface area (Å²) in [6.07, 6.45) is 5.35. The van der Waals surface area contributed by atoms with Gasteiger partial charge in [0.05, 0.1) is 0 Å². The van der Waals surface area contributed by atoms with Gasteiger partial charge in [0.25, 0.3) is 0 Å². The van der Waals surface area contributed by atoms with E-state index >= 15 is 0 Å². The van der Waals surface area contributed by atoms with Gasteiger partial charge in [-0.1, -0.05) is 38.3 Å². The van der Waals surface area contributed by atoms with E-state index in [1.54, 1.807) is 6.92 Å². The van der Waals surface area contributed by atoms with Gasteiger partial charge in [-0.25, -0.2) is 0 Å². The zero-order valence-electron chi connectivity index (χ0n) is 14.5. The lowest BCUT2D eigenvalue weighted by Gasteiger charge is -2.24. The Balaban J connectivity index is 1.57. The van der Waals surface area contributed by atoms with Gasteiger partial charge >= 0.3 is 0 Å². The van der Waals surface area contributed by atoms with Crippen LogP contribution in [0.25, 0.3) is 0 Å². The van der Waals surface area contributed by atoms with Gasteiger partial charge in [-0.15, -0.1) is 0 Å². The molecule has 1 amide bonds. The first-order chi connectivity index (χ1) is 11.1. The predicted molar refractivity (Wildman–Crippen MR) is 95.3 cm³/mol. The smallest absolute Gasteiger partial charge is 0.221 e. The zero-order chi connectivity index (χ0) is 16.4. The molecule has 23 heavy (non-hydrogen) atoms. The van der Waals surface area contributed by atoms with Crippen LogP contribution in [0.15, 0.2) is 24.3 Å². The Morgan fingerprint density at radius 3 is 2.70 bits per heavy atom. The summed E-state index contributed by atoms with van der Waals surface area (Å²) in [6, 6.07) is 8.26. The molecule has 1 aliphatic heterocycles. The summed E-state index contributed by atoms with van der Waals surface area (Å²) in [7, 11) is 0. The second-order valence-corrected chi connectivity index (χ2v) is 7.34. The van der Waals surface area contributed by atoms with E-state index in [2.05, 4.69) is 36.2 Å². The zero-order valence-corrected chi connectivity index (χ0v) is 14.5. The minimum absolute atomic E-state index is 0.0190. The maximum atomic E-state index is 11.2. The number of amides is 1. The molecule has 1 radical (unpaired) electrons. The van der Waals surface area contributed by atoms with Crippen molar-refractivity contribution in [1.82, 2.24) is 4.90 Å². The number of benzene rings is 1. The highest BCUT2D eigenvalue weighted by molar-refractivity contribution is 5.88. The Bertz CT molecular complexity index is 557. The molecule has 1 saturated heterocycles. The van der Waals surface area contributed by atoms with E-state index in [1.807, 2.05) is 12.1 Å². The van der Waals surface area contributed by atoms with Crippen LogP contribution in [0.4, 0.5) is 5.69 Å². The van der Waals surface area contributed by atoms with Gasteiger partial charge in [0.15, 0.2) is 0 Å². The normalized spacial score (nSPS) is 29.3. The molecule has 1 heterocycles. The molecule has 0 bridgehead atoms. The van der Waals surface area contributed by atoms with E-state index in [0.29, 0.717) is 11.8 Å². The third kappa shape index (κ3) is 3.30. The highest BCUT2D eigenvalue weighted by Crippen LogP contribution is 2.63. The molecule has 1 aromatic carbocycles. The van der Waals surface area contributed by atoms with Crippen molar-refractivity contribution in [2.24, 2.45) is 11.8 Å². The summed E-state index contributed by atoms with van der Waals surface area (Å²) >= 11 is 0. The number of fused-ring (bicyclic) bond motifs is 1. The summed E-state index contributed by atoms with van der Waals surface area (Å²) < 4.78 is 0. The Labute approximate surface area is 140 Å². The molecule has 1 saturated carbocycles. The molecule has 2 unspecified atom stereocenters. The lowest BCUT2D eigenvalue weighted by Crippen LogP contribution is -2.30. The number of nitrogens with zero attached hydrogens (tertiary/aromatic N) is 1. The minimum atomic E-state index is -0.0190. The number of unbranched alkanes of at least 4 members (excludes halogenated alkanes) is 3. The summed E-state index contributed by atoms with van der Waals surface area (Å²) in [5.74, 6) is 1.34. The summed E-state index contributed by atoms with van der Waals surface area (Å²) in [4.78, 5) is 13.9. The number of hydrogen-bond donors (Lipinski definition) is 1. The lowest BCUT2D eigenvalue weighted by molar-refractivity contribution is -0.114. The lowest BCUT2D eigenvalue weighted by atomic mass is 9.92. The molecule has 3 rings (SSSR count). The number of anilines is 1. The molecule has 2 fully saturated rings. The van der Waals surface area contributed by atoms with Crippen LogP contribution in [0.3, 0.4) is 0 Å². The van der Waals surface area contributed by atoms with Crippen LogP contribution in [0.2, 0.25) is 0 Å². The van der Waals surface area contributed by atoms with Crippen molar-refractivity contribution in [3.05, 3.63) is 36.8 Å². The first kappa shape index (κ1) is 16.5. The van der Waals surface area contributed by atoms with Gasteiger partial charge in [0, 0.05) is 31.1 Å². The molecule has 1 aliphatic carbocycles. The van der Waals surface area contributed by atoms with E-state index in [4.69, 9.17) is 0 Å². The number of hydrogen-bond acceptors (Lipinski definition) is 2. The van der Waals surface area contributed by atoms with Crippen LogP contribution < -0.4 is 5.32 Å². The van der Waals surface area contributed by atoms with Gasteiger partial charge in [0.1, 0.15) is 0 Å². The molecule has 3 nitrogen and oxygen atoms in total. The van der Waals surface area contributed by atoms with Gasteiger partial charge < -0.3 is 10.2 Å². The Morgan fingerprint density at radius 1 is 1.30 bits per heavy atom. The second-order valence-electron chi connectivity index (χ2n) is 7.34. The number of rotatable bonds is 7. The van der Waals surface area contributed by atoms with Crippen LogP contribution in [0, 0.1) is 18.8 Å². The SMILES string of the molecule is [CH2]C1(c2cccc(NC(C)=O)c2)C2CN(CCCCCC)CC21. The van der Waals surface area contributed by atoms with Gasteiger partial charge in [-0.2, -0.15) is 0 Å². The van der Waals surface area contributed by atoms with Crippen LogP contribution >= 0.6 is 0 Å². The van der Waals surface area contributed by atoms with Crippen molar-refractivity contribution in [2.45, 2.75) is 44.9 Å². The number of nitrogens with one attached hydrogen (secondary N) is 1. The van der Waals surface area contributed by atoms with Crippen molar-refractivity contribution in [3.63, 3.8) is 0 Å². The van der Waals surface area contributed by atoms with E-state index < -0.39 is 0 Å². The molecule has 125 valence electrons. The molecular weight excluding hydrogens is 284 g/mol. The number of likely N-dealkylation sites (tertiary alicyclic amines) is 1. The molecule has 2 aliphatic rings. The number of carbonyl (C=O) groups excluding carboxylic acids is 1. The summed E-state index contributed by atoms with van der Waals surface area (Å²) in [5, 5.41) is 2.88. The van der Waals surface area contributed by atoms with Crippen molar-refractivity contribution >= 4 is 11.6 Å². The third-order valence-corrected chi connectivity index (χ3v) is 5.66. The van der Waals surface area contributed by atoms with Crippen molar-refractivity contribution in [3.8, 4) is 0 Å². The first-order valence-corrected chi connectivity index (χ1v) is 9.01. The topological polar surface area (TPSA) is 32.3 Å². The highest BCUT2D eigenvalue weighted by Gasteiger charge is 2.65. The number of carbonyl (C=O) groups is 1. The monoisotopic (exact) mass is 313 g/mol. The first-order valence-electron chi connectivity index (χ1n) is 9.01. The van der Waals surface area contributed by atoms with Crippen molar-refractivity contribution < 1.29 is 4.79 Å². The van der Waals surface area contributed by atoms with Crippen molar-refractivity contribution in [2.75, 3.05) is 25.0 Å². The molecule has 3 heteroatoms. The Kier molecular flexibility index (Phi) is 4.77. The maximum absolute atomic E-state index is 11.2. The summed E-state index contributed by atoms with van der Waals surface area (Å²) in [6.45, 7) is 12.0. The van der Waals surface area contributed by atoms with Gasteiger partial charge in [-0.05, 0) is 49.4 Å². The molecule has 0 spiro atoms. The van der Waals surface area contributed by atoms with E-state index in [-0.39, 0.29) is 11.3 Å². The number of piperidine rings is 1. The van der Waals surface area contributed by atoms with Crippen LogP contribution in [0.1, 0.15) is 45.1 Å². The molecule has 1 aromatic rings. The second kappa shape index (κ2) is 6.64. The average Bonchev–Trinajstić information content (AvgIpc) is 2.89. The molecular formula is C20H29N2O. The van der Waals surface area contributed by atoms with E-state index in [1.165, 1.54) is 50.9 Å². The molecule has 1 N–H and O–H groups in total.